The van der Waals surface area contributed by atoms with Crippen LogP contribution in [0, 0.1) is 19.7 Å². The van der Waals surface area contributed by atoms with E-state index in [0.717, 1.165) is 0 Å². The lowest BCUT2D eigenvalue weighted by atomic mass is 10.1. The minimum atomic E-state index is -4.19. The first-order valence-electron chi connectivity index (χ1n) is 11.9. The zero-order chi connectivity index (χ0) is 29.1. The molecule has 0 unspecified atom stereocenters. The second-order valence-corrected chi connectivity index (χ2v) is 11.5. The summed E-state index contributed by atoms with van der Waals surface area (Å²) in [7, 11) is -2.77. The van der Waals surface area contributed by atoms with Crippen LogP contribution in [0.2, 0.25) is 0 Å². The molecule has 0 aliphatic carbocycles. The number of halogens is 1. The van der Waals surface area contributed by atoms with Crippen LogP contribution in [0.5, 0.6) is 11.6 Å². The molecule has 0 saturated carbocycles. The summed E-state index contributed by atoms with van der Waals surface area (Å²) in [6.07, 6.45) is 0. The molecule has 2 aromatic carbocycles. The molecule has 39 heavy (non-hydrogen) atoms. The van der Waals surface area contributed by atoms with Crippen molar-refractivity contribution in [1.29, 1.82) is 0 Å². The molecule has 1 amide bonds. The SMILES string of the molecule is COCCNS(=O)(=O)c1cc(NC(=O)c2ccc(F)c(C)c2)ccc1Oc1c(C)c(C(=O)O)nn1C(C)(C)C. The summed E-state index contributed by atoms with van der Waals surface area (Å²) in [4.78, 5) is 24.2. The lowest BCUT2D eigenvalue weighted by Crippen LogP contribution is -2.28. The average Bonchev–Trinajstić information content (AvgIpc) is 3.18. The standard InChI is InChI=1S/C26H31FN4O7S/c1-15-13-17(7-9-19(15)27)23(32)29-18-8-10-20(21(14-18)39(35,36)28-11-12-37-6)38-24-16(2)22(25(33)34)30-31(24)26(3,4)5/h7-10,13-14,28H,11-12H2,1-6H3,(H,29,32)(H,33,34). The number of nitrogens with zero attached hydrogens (tertiary/aromatic N) is 2. The maximum Gasteiger partial charge on any atom is 0.356 e. The van der Waals surface area contributed by atoms with Crippen molar-refractivity contribution >= 4 is 27.6 Å². The molecule has 0 spiro atoms. The third-order valence-corrected chi connectivity index (χ3v) is 7.10. The number of rotatable bonds is 10. The summed E-state index contributed by atoms with van der Waals surface area (Å²) in [6, 6.07) is 7.85. The second-order valence-electron chi connectivity index (χ2n) is 9.74. The highest BCUT2D eigenvalue weighted by Gasteiger charge is 2.29. The minimum Gasteiger partial charge on any atom is -0.476 e. The fraction of sp³-hybridized carbons (Fsp3) is 0.346. The Kier molecular flexibility index (Phi) is 8.78. The van der Waals surface area contributed by atoms with Gasteiger partial charge in [0.2, 0.25) is 15.9 Å². The van der Waals surface area contributed by atoms with E-state index in [4.69, 9.17) is 9.47 Å². The normalized spacial score (nSPS) is 11.9. The molecule has 0 saturated heterocycles. The molecular formula is C26H31FN4O7S. The van der Waals surface area contributed by atoms with Gasteiger partial charge < -0.3 is 19.9 Å². The summed E-state index contributed by atoms with van der Waals surface area (Å²) < 4.78 is 54.9. The van der Waals surface area contributed by atoms with Gasteiger partial charge in [0.25, 0.3) is 5.91 Å². The summed E-state index contributed by atoms with van der Waals surface area (Å²) in [5.74, 6) is -2.37. The number of sulfonamides is 1. The molecule has 11 nitrogen and oxygen atoms in total. The number of ether oxygens (including phenoxy) is 2. The molecule has 210 valence electrons. The van der Waals surface area contributed by atoms with Crippen LogP contribution in [0.3, 0.4) is 0 Å². The highest BCUT2D eigenvalue weighted by molar-refractivity contribution is 7.89. The number of aryl methyl sites for hydroxylation is 1. The summed E-state index contributed by atoms with van der Waals surface area (Å²) in [5, 5.41) is 16.3. The first-order chi connectivity index (χ1) is 18.2. The molecule has 0 bridgehead atoms. The minimum absolute atomic E-state index is 0.0359. The van der Waals surface area contributed by atoms with Crippen molar-refractivity contribution in [3.63, 3.8) is 0 Å². The number of carbonyl (C=O) groups is 2. The number of aromatic carboxylic acids is 1. The zero-order valence-electron chi connectivity index (χ0n) is 22.5. The average molecular weight is 563 g/mol. The molecule has 1 aromatic heterocycles. The molecule has 13 heteroatoms. The number of hydrogen-bond acceptors (Lipinski definition) is 7. The Morgan fingerprint density at radius 3 is 2.41 bits per heavy atom. The fourth-order valence-electron chi connectivity index (χ4n) is 3.59. The van der Waals surface area contributed by atoms with Crippen molar-refractivity contribution < 1.29 is 37.0 Å². The molecule has 3 rings (SSSR count). The summed E-state index contributed by atoms with van der Waals surface area (Å²) in [6.45, 7) is 8.47. The van der Waals surface area contributed by atoms with Gasteiger partial charge >= 0.3 is 5.97 Å². The molecule has 3 aromatic rings. The Morgan fingerprint density at radius 1 is 1.13 bits per heavy atom. The second kappa shape index (κ2) is 11.5. The van der Waals surface area contributed by atoms with Gasteiger partial charge in [0.15, 0.2) is 5.69 Å². The van der Waals surface area contributed by atoms with Gasteiger partial charge in [-0.3, -0.25) is 4.79 Å². The molecule has 3 N–H and O–H groups in total. The van der Waals surface area contributed by atoms with Crippen LogP contribution in [0.1, 0.15) is 52.7 Å². The number of anilines is 1. The van der Waals surface area contributed by atoms with Gasteiger partial charge in [0.05, 0.1) is 12.1 Å². The van der Waals surface area contributed by atoms with Crippen molar-refractivity contribution in [2.24, 2.45) is 0 Å². The van der Waals surface area contributed by atoms with E-state index in [9.17, 15) is 27.5 Å². The molecule has 0 radical (unpaired) electrons. The lowest BCUT2D eigenvalue weighted by molar-refractivity contribution is 0.0687. The summed E-state index contributed by atoms with van der Waals surface area (Å²) in [5.41, 5.74) is -0.136. The molecule has 0 aliphatic rings. The highest BCUT2D eigenvalue weighted by Crippen LogP contribution is 2.36. The maximum atomic E-state index is 13.6. The Morgan fingerprint density at radius 2 is 1.82 bits per heavy atom. The predicted octanol–water partition coefficient (Wildman–Crippen LogP) is 4.06. The molecule has 0 aliphatic heterocycles. The number of nitrogens with one attached hydrogen (secondary N) is 2. The van der Waals surface area contributed by atoms with Crippen LogP contribution in [0.25, 0.3) is 0 Å². The van der Waals surface area contributed by atoms with E-state index in [2.05, 4.69) is 15.1 Å². The number of carbonyl (C=O) groups excluding carboxylic acids is 1. The number of carboxylic acids is 1. The third kappa shape index (κ3) is 6.80. The quantitative estimate of drug-likeness (QED) is 0.313. The van der Waals surface area contributed by atoms with E-state index in [-0.39, 0.29) is 57.7 Å². The third-order valence-electron chi connectivity index (χ3n) is 5.62. The number of amides is 1. The number of benzene rings is 2. The van der Waals surface area contributed by atoms with E-state index >= 15 is 0 Å². The topological polar surface area (TPSA) is 149 Å². The van der Waals surface area contributed by atoms with E-state index in [1.807, 2.05) is 0 Å². The number of methoxy groups -OCH3 is 1. The Hall–Kier alpha value is -3.81. The summed E-state index contributed by atoms with van der Waals surface area (Å²) >= 11 is 0. The lowest BCUT2D eigenvalue weighted by Gasteiger charge is -2.23. The van der Waals surface area contributed by atoms with Gasteiger partial charge in [0, 0.05) is 30.5 Å². The van der Waals surface area contributed by atoms with Crippen LogP contribution in [0.15, 0.2) is 41.3 Å². The van der Waals surface area contributed by atoms with Gasteiger partial charge in [-0.05, 0) is 76.6 Å². The first kappa shape index (κ1) is 29.7. The van der Waals surface area contributed by atoms with Gasteiger partial charge in [-0.15, -0.1) is 0 Å². The van der Waals surface area contributed by atoms with Gasteiger partial charge in [-0.25, -0.2) is 27.0 Å². The number of carboxylic acid groups (broad SMARTS) is 1. The van der Waals surface area contributed by atoms with E-state index in [1.165, 1.54) is 62.0 Å². The van der Waals surface area contributed by atoms with Crippen LogP contribution < -0.4 is 14.8 Å². The Labute approximate surface area is 226 Å². The molecule has 0 fully saturated rings. The van der Waals surface area contributed by atoms with Crippen molar-refractivity contribution in [2.45, 2.75) is 45.1 Å². The number of aromatic nitrogens is 2. The van der Waals surface area contributed by atoms with E-state index < -0.39 is 33.3 Å². The van der Waals surface area contributed by atoms with Gasteiger partial charge in [-0.2, -0.15) is 5.10 Å². The highest BCUT2D eigenvalue weighted by atomic mass is 32.2. The van der Waals surface area contributed by atoms with Crippen LogP contribution in [-0.4, -0.2) is 55.4 Å². The zero-order valence-corrected chi connectivity index (χ0v) is 23.3. The monoisotopic (exact) mass is 562 g/mol. The molecular weight excluding hydrogens is 531 g/mol. The number of hydrogen-bond donors (Lipinski definition) is 3. The van der Waals surface area contributed by atoms with Crippen LogP contribution in [0.4, 0.5) is 10.1 Å². The molecule has 1 heterocycles. The Bertz CT molecular complexity index is 1510. The fourth-order valence-corrected chi connectivity index (χ4v) is 4.75. The van der Waals surface area contributed by atoms with Crippen molar-refractivity contribution in [3.05, 3.63) is 64.6 Å². The predicted molar refractivity (Wildman–Crippen MR) is 142 cm³/mol. The van der Waals surface area contributed by atoms with Crippen molar-refractivity contribution in [2.75, 3.05) is 25.6 Å². The van der Waals surface area contributed by atoms with Gasteiger partial charge in [0.1, 0.15) is 16.5 Å². The molecule has 0 atom stereocenters. The van der Waals surface area contributed by atoms with E-state index in [0.29, 0.717) is 0 Å². The van der Waals surface area contributed by atoms with Crippen molar-refractivity contribution in [3.8, 4) is 11.6 Å². The largest absolute Gasteiger partial charge is 0.476 e. The smallest absolute Gasteiger partial charge is 0.356 e. The van der Waals surface area contributed by atoms with Crippen LogP contribution >= 0.6 is 0 Å². The first-order valence-corrected chi connectivity index (χ1v) is 13.4. The Balaban J connectivity index is 2.08. The van der Waals surface area contributed by atoms with Crippen molar-refractivity contribution in [1.82, 2.24) is 14.5 Å². The van der Waals surface area contributed by atoms with Gasteiger partial charge in [-0.1, -0.05) is 0 Å². The van der Waals surface area contributed by atoms with Crippen LogP contribution in [-0.2, 0) is 20.3 Å². The van der Waals surface area contributed by atoms with E-state index in [1.54, 1.807) is 20.8 Å². The maximum absolute atomic E-state index is 13.6.